The van der Waals surface area contributed by atoms with Crippen molar-refractivity contribution in [1.29, 1.82) is 0 Å². The number of nitrogens with one attached hydrogen (secondary N) is 1. The zero-order chi connectivity index (χ0) is 15.2. The highest BCUT2D eigenvalue weighted by atomic mass is 19.1. The highest BCUT2D eigenvalue weighted by Gasteiger charge is 2.14. The third kappa shape index (κ3) is 4.05. The molecule has 0 aromatic heterocycles. The van der Waals surface area contributed by atoms with E-state index >= 15 is 0 Å². The van der Waals surface area contributed by atoms with E-state index in [1.807, 2.05) is 32.2 Å². The Bertz CT molecular complexity index is 580. The lowest BCUT2D eigenvalue weighted by Crippen LogP contribution is -2.18. The summed E-state index contributed by atoms with van der Waals surface area (Å²) in [5, 5.41) is 3.21. The first kappa shape index (κ1) is 15.5. The van der Waals surface area contributed by atoms with Gasteiger partial charge >= 0.3 is 0 Å². The number of halogens is 1. The Morgan fingerprint density at radius 3 is 2.48 bits per heavy atom. The van der Waals surface area contributed by atoms with E-state index in [9.17, 15) is 4.39 Å². The van der Waals surface area contributed by atoms with Crippen LogP contribution in [0.3, 0.4) is 0 Å². The SMILES string of the molecule is CNC(CCc1ccc(OC)cc1)c1cc(C)ccc1F. The lowest BCUT2D eigenvalue weighted by molar-refractivity contribution is 0.414. The molecule has 3 heteroatoms. The van der Waals surface area contributed by atoms with Gasteiger partial charge in [0.2, 0.25) is 0 Å². The largest absolute Gasteiger partial charge is 0.497 e. The molecule has 0 fully saturated rings. The van der Waals surface area contributed by atoms with Gasteiger partial charge in [0.05, 0.1) is 7.11 Å². The molecule has 0 saturated carbocycles. The minimum absolute atomic E-state index is 0.0204. The first-order valence-electron chi connectivity index (χ1n) is 7.20. The van der Waals surface area contributed by atoms with Gasteiger partial charge in [0, 0.05) is 11.6 Å². The standard InChI is InChI=1S/C18H22FNO/c1-13-4-10-17(19)16(12-13)18(20-2)11-7-14-5-8-15(21-3)9-6-14/h4-6,8-10,12,18,20H,7,11H2,1-3H3. The van der Waals surface area contributed by atoms with Gasteiger partial charge in [-0.25, -0.2) is 4.39 Å². The maximum atomic E-state index is 14.0. The van der Waals surface area contributed by atoms with Crippen LogP contribution in [0.1, 0.15) is 29.2 Å². The molecule has 0 heterocycles. The van der Waals surface area contributed by atoms with Crippen LogP contribution in [0.15, 0.2) is 42.5 Å². The van der Waals surface area contributed by atoms with Crippen LogP contribution in [0.25, 0.3) is 0 Å². The van der Waals surface area contributed by atoms with Crippen LogP contribution >= 0.6 is 0 Å². The van der Waals surface area contributed by atoms with Crippen molar-refractivity contribution in [3.05, 3.63) is 65.0 Å². The summed E-state index contributed by atoms with van der Waals surface area (Å²) < 4.78 is 19.1. The Labute approximate surface area is 126 Å². The van der Waals surface area contributed by atoms with E-state index < -0.39 is 0 Å². The summed E-state index contributed by atoms with van der Waals surface area (Å²) in [6.45, 7) is 1.99. The Morgan fingerprint density at radius 2 is 1.86 bits per heavy atom. The van der Waals surface area contributed by atoms with Gasteiger partial charge in [0.1, 0.15) is 11.6 Å². The molecule has 1 atom stereocenters. The van der Waals surface area contributed by atoms with Crippen molar-refractivity contribution >= 4 is 0 Å². The van der Waals surface area contributed by atoms with Crippen molar-refractivity contribution in [3.63, 3.8) is 0 Å². The van der Waals surface area contributed by atoms with Gasteiger partial charge in [0.15, 0.2) is 0 Å². The fourth-order valence-corrected chi connectivity index (χ4v) is 2.49. The second-order valence-electron chi connectivity index (χ2n) is 5.25. The van der Waals surface area contributed by atoms with E-state index in [0.717, 1.165) is 29.7 Å². The van der Waals surface area contributed by atoms with Crippen LogP contribution in [0.2, 0.25) is 0 Å². The van der Waals surface area contributed by atoms with E-state index in [2.05, 4.69) is 17.4 Å². The number of hydrogen-bond donors (Lipinski definition) is 1. The summed E-state index contributed by atoms with van der Waals surface area (Å²) in [7, 11) is 3.53. The average Bonchev–Trinajstić information content (AvgIpc) is 2.51. The minimum Gasteiger partial charge on any atom is -0.497 e. The van der Waals surface area contributed by atoms with Gasteiger partial charge in [-0.1, -0.05) is 29.8 Å². The Balaban J connectivity index is 2.06. The molecule has 2 nitrogen and oxygen atoms in total. The molecule has 0 bridgehead atoms. The van der Waals surface area contributed by atoms with Crippen LogP contribution in [-0.4, -0.2) is 14.2 Å². The molecule has 0 saturated heterocycles. The monoisotopic (exact) mass is 287 g/mol. The molecular formula is C18H22FNO. The van der Waals surface area contributed by atoms with E-state index in [-0.39, 0.29) is 11.9 Å². The topological polar surface area (TPSA) is 21.3 Å². The first-order chi connectivity index (χ1) is 10.1. The lowest BCUT2D eigenvalue weighted by Gasteiger charge is -2.18. The molecule has 1 N–H and O–H groups in total. The summed E-state index contributed by atoms with van der Waals surface area (Å²) in [5.74, 6) is 0.711. The highest BCUT2D eigenvalue weighted by molar-refractivity contribution is 5.29. The minimum atomic E-state index is -0.144. The zero-order valence-electron chi connectivity index (χ0n) is 12.8. The van der Waals surface area contributed by atoms with Gasteiger partial charge in [-0.05, 0) is 50.6 Å². The number of rotatable bonds is 6. The number of aryl methyl sites for hydroxylation is 2. The molecule has 2 aromatic rings. The molecule has 0 aliphatic carbocycles. The number of benzene rings is 2. The third-order valence-electron chi connectivity index (χ3n) is 3.76. The molecule has 21 heavy (non-hydrogen) atoms. The summed E-state index contributed by atoms with van der Waals surface area (Å²) in [5.41, 5.74) is 3.05. The molecule has 0 spiro atoms. The third-order valence-corrected chi connectivity index (χ3v) is 3.76. The maximum Gasteiger partial charge on any atom is 0.127 e. The van der Waals surface area contributed by atoms with Crippen LogP contribution in [-0.2, 0) is 6.42 Å². The van der Waals surface area contributed by atoms with Crippen molar-refractivity contribution in [2.75, 3.05) is 14.2 Å². The Morgan fingerprint density at radius 1 is 1.14 bits per heavy atom. The van der Waals surface area contributed by atoms with Crippen molar-refractivity contribution in [2.45, 2.75) is 25.8 Å². The molecule has 1 unspecified atom stereocenters. The van der Waals surface area contributed by atoms with Crippen LogP contribution in [0.5, 0.6) is 5.75 Å². The predicted molar refractivity (Wildman–Crippen MR) is 84.3 cm³/mol. The molecule has 2 aromatic carbocycles. The second-order valence-corrected chi connectivity index (χ2v) is 5.25. The number of ether oxygens (including phenoxy) is 1. The normalized spacial score (nSPS) is 12.2. The second kappa shape index (κ2) is 7.23. The highest BCUT2D eigenvalue weighted by Crippen LogP contribution is 2.23. The van der Waals surface area contributed by atoms with Gasteiger partial charge in [0.25, 0.3) is 0 Å². The predicted octanol–water partition coefficient (Wildman–Crippen LogP) is 4.04. The van der Waals surface area contributed by atoms with Gasteiger partial charge in [-0.2, -0.15) is 0 Å². The molecule has 0 aliphatic heterocycles. The van der Waals surface area contributed by atoms with Crippen LogP contribution in [0, 0.1) is 12.7 Å². The fourth-order valence-electron chi connectivity index (χ4n) is 2.49. The molecule has 0 amide bonds. The zero-order valence-corrected chi connectivity index (χ0v) is 12.8. The summed E-state index contributed by atoms with van der Waals surface area (Å²) in [4.78, 5) is 0. The Hall–Kier alpha value is -1.87. The summed E-state index contributed by atoms with van der Waals surface area (Å²) >= 11 is 0. The van der Waals surface area contributed by atoms with Gasteiger partial charge in [-0.3, -0.25) is 0 Å². The van der Waals surface area contributed by atoms with Crippen LogP contribution in [0.4, 0.5) is 4.39 Å². The van der Waals surface area contributed by atoms with E-state index in [1.54, 1.807) is 19.2 Å². The molecular weight excluding hydrogens is 265 g/mol. The van der Waals surface area contributed by atoms with Crippen molar-refractivity contribution in [2.24, 2.45) is 0 Å². The average molecular weight is 287 g/mol. The van der Waals surface area contributed by atoms with Crippen molar-refractivity contribution in [1.82, 2.24) is 5.32 Å². The van der Waals surface area contributed by atoms with Crippen molar-refractivity contribution in [3.8, 4) is 5.75 Å². The number of hydrogen-bond acceptors (Lipinski definition) is 2. The maximum absolute atomic E-state index is 14.0. The van der Waals surface area contributed by atoms with E-state index in [1.165, 1.54) is 5.56 Å². The van der Waals surface area contributed by atoms with E-state index in [0.29, 0.717) is 0 Å². The smallest absolute Gasteiger partial charge is 0.127 e. The van der Waals surface area contributed by atoms with Crippen LogP contribution < -0.4 is 10.1 Å². The van der Waals surface area contributed by atoms with Gasteiger partial charge < -0.3 is 10.1 Å². The van der Waals surface area contributed by atoms with Gasteiger partial charge in [-0.15, -0.1) is 0 Å². The first-order valence-corrected chi connectivity index (χ1v) is 7.20. The van der Waals surface area contributed by atoms with E-state index in [4.69, 9.17) is 4.74 Å². The quantitative estimate of drug-likeness (QED) is 0.866. The molecule has 0 radical (unpaired) electrons. The van der Waals surface area contributed by atoms with Crippen molar-refractivity contribution < 1.29 is 9.13 Å². The fraction of sp³-hybridized carbons (Fsp3) is 0.333. The lowest BCUT2D eigenvalue weighted by atomic mass is 9.97. The molecule has 0 aliphatic rings. The molecule has 112 valence electrons. The molecule has 2 rings (SSSR count). The number of methoxy groups -OCH3 is 1. The summed E-state index contributed by atoms with van der Waals surface area (Å²) in [6.07, 6.45) is 1.74. The summed E-state index contributed by atoms with van der Waals surface area (Å²) in [6, 6.07) is 13.3. The Kier molecular flexibility index (Phi) is 5.34.